The molecule has 2 aromatic carbocycles. The van der Waals surface area contributed by atoms with Gasteiger partial charge in [0.05, 0.1) is 5.69 Å². The lowest BCUT2D eigenvalue weighted by atomic mass is 10.0. The maximum absolute atomic E-state index is 4.61. The third-order valence-corrected chi connectivity index (χ3v) is 3.61. The third-order valence-electron chi connectivity index (χ3n) is 3.61. The van der Waals surface area contributed by atoms with Crippen LogP contribution in [0.25, 0.3) is 6.08 Å². The minimum Gasteiger partial charge on any atom is -0.257 e. The van der Waals surface area contributed by atoms with Gasteiger partial charge in [-0.25, -0.2) is 0 Å². The van der Waals surface area contributed by atoms with E-state index in [1.165, 1.54) is 36.8 Å². The number of para-hydroxylation sites is 1. The van der Waals surface area contributed by atoms with E-state index in [-0.39, 0.29) is 0 Å². The number of hydrogen-bond acceptors (Lipinski definition) is 1. The maximum Gasteiger partial charge on any atom is 0.0629 e. The second-order valence-corrected chi connectivity index (χ2v) is 5.53. The largest absolute Gasteiger partial charge is 0.257 e. The molecule has 0 bridgehead atoms. The first-order valence-electron chi connectivity index (χ1n) is 8.23. The van der Waals surface area contributed by atoms with Gasteiger partial charge in [-0.15, -0.1) is 0 Å². The number of nitrogens with zero attached hydrogens (tertiary/aromatic N) is 1. The Balaban J connectivity index is 2.07. The number of allylic oxidation sites excluding steroid dienone is 1. The normalized spacial score (nSPS) is 12.0. The van der Waals surface area contributed by atoms with Gasteiger partial charge in [0.15, 0.2) is 0 Å². The summed E-state index contributed by atoms with van der Waals surface area (Å²) in [6, 6.07) is 20.6. The van der Waals surface area contributed by atoms with Crippen LogP contribution < -0.4 is 0 Å². The molecule has 0 fully saturated rings. The quantitative estimate of drug-likeness (QED) is 0.392. The number of aliphatic imine (C=N–C) groups is 1. The van der Waals surface area contributed by atoms with E-state index < -0.39 is 0 Å². The molecule has 0 atom stereocenters. The maximum atomic E-state index is 4.61. The van der Waals surface area contributed by atoms with Crippen LogP contribution in [0.1, 0.15) is 44.6 Å². The zero-order valence-electron chi connectivity index (χ0n) is 13.4. The van der Waals surface area contributed by atoms with Gasteiger partial charge < -0.3 is 0 Å². The fraction of sp³-hybridized carbons (Fsp3) is 0.286. The Labute approximate surface area is 134 Å². The van der Waals surface area contributed by atoms with Gasteiger partial charge in [0, 0.05) is 6.21 Å². The van der Waals surface area contributed by atoms with Gasteiger partial charge in [0.25, 0.3) is 0 Å². The molecule has 0 saturated heterocycles. The van der Waals surface area contributed by atoms with Crippen molar-refractivity contribution in [1.82, 2.24) is 0 Å². The number of unbranched alkanes of at least 4 members (excludes halogenated alkanes) is 3. The van der Waals surface area contributed by atoms with Crippen LogP contribution >= 0.6 is 0 Å². The number of benzene rings is 2. The average Bonchev–Trinajstić information content (AvgIpc) is 2.58. The molecule has 0 spiro atoms. The molecular weight excluding hydrogens is 266 g/mol. The minimum absolute atomic E-state index is 1.01. The highest BCUT2D eigenvalue weighted by molar-refractivity contribution is 5.87. The van der Waals surface area contributed by atoms with Crippen molar-refractivity contribution in [2.24, 2.45) is 4.99 Å². The Morgan fingerprint density at radius 1 is 0.864 bits per heavy atom. The van der Waals surface area contributed by atoms with Crippen LogP contribution in [0.3, 0.4) is 0 Å². The van der Waals surface area contributed by atoms with Gasteiger partial charge in [0.1, 0.15) is 0 Å². The summed E-state index contributed by atoms with van der Waals surface area (Å²) in [6.07, 6.45) is 10.5. The molecule has 0 aliphatic carbocycles. The van der Waals surface area contributed by atoms with Gasteiger partial charge in [-0.05, 0) is 36.1 Å². The predicted molar refractivity (Wildman–Crippen MR) is 97.8 cm³/mol. The van der Waals surface area contributed by atoms with E-state index in [2.05, 4.69) is 48.3 Å². The molecule has 0 saturated carbocycles. The van der Waals surface area contributed by atoms with E-state index in [0.29, 0.717) is 0 Å². The molecule has 0 heterocycles. The fourth-order valence-corrected chi connectivity index (χ4v) is 2.36. The molecule has 22 heavy (non-hydrogen) atoms. The van der Waals surface area contributed by atoms with Crippen molar-refractivity contribution >= 4 is 18.0 Å². The Kier molecular flexibility index (Phi) is 7.17. The van der Waals surface area contributed by atoms with E-state index in [1.807, 2.05) is 36.5 Å². The summed E-state index contributed by atoms with van der Waals surface area (Å²) in [5.41, 5.74) is 3.55. The van der Waals surface area contributed by atoms with Crippen molar-refractivity contribution in [2.75, 3.05) is 0 Å². The standard InChI is InChI=1S/C21H25N/c1-2-3-4-7-14-20(17-19-12-8-5-9-13-19)18-22-21-15-10-6-11-16-21/h5-6,8-13,15-18H,2-4,7,14H2,1H3. The van der Waals surface area contributed by atoms with E-state index in [4.69, 9.17) is 0 Å². The molecule has 0 amide bonds. The van der Waals surface area contributed by atoms with Crippen LogP contribution in [0, 0.1) is 0 Å². The first-order chi connectivity index (χ1) is 10.9. The van der Waals surface area contributed by atoms with Crippen LogP contribution in [0.15, 0.2) is 71.2 Å². The predicted octanol–water partition coefficient (Wildman–Crippen LogP) is 6.44. The van der Waals surface area contributed by atoms with Crippen molar-refractivity contribution in [3.63, 3.8) is 0 Å². The highest BCUT2D eigenvalue weighted by atomic mass is 14.7. The molecule has 2 aromatic rings. The molecule has 0 radical (unpaired) electrons. The summed E-state index contributed by atoms with van der Waals surface area (Å²) >= 11 is 0. The summed E-state index contributed by atoms with van der Waals surface area (Å²) in [6.45, 7) is 2.25. The van der Waals surface area contributed by atoms with Gasteiger partial charge in [0.2, 0.25) is 0 Å². The number of rotatable bonds is 8. The van der Waals surface area contributed by atoms with Gasteiger partial charge in [-0.2, -0.15) is 0 Å². The lowest BCUT2D eigenvalue weighted by Crippen LogP contribution is -1.87. The molecule has 0 unspecified atom stereocenters. The average molecular weight is 291 g/mol. The van der Waals surface area contributed by atoms with Gasteiger partial charge in [-0.1, -0.05) is 80.8 Å². The van der Waals surface area contributed by atoms with Gasteiger partial charge >= 0.3 is 0 Å². The fourth-order valence-electron chi connectivity index (χ4n) is 2.36. The zero-order chi connectivity index (χ0) is 15.5. The van der Waals surface area contributed by atoms with Crippen molar-refractivity contribution in [2.45, 2.75) is 39.0 Å². The minimum atomic E-state index is 1.01. The molecular formula is C21H25N. The summed E-state index contributed by atoms with van der Waals surface area (Å²) < 4.78 is 0. The summed E-state index contributed by atoms with van der Waals surface area (Å²) in [4.78, 5) is 4.61. The molecule has 1 heteroatoms. The van der Waals surface area contributed by atoms with Crippen molar-refractivity contribution in [3.8, 4) is 0 Å². The summed E-state index contributed by atoms with van der Waals surface area (Å²) in [5.74, 6) is 0. The highest BCUT2D eigenvalue weighted by Gasteiger charge is 1.97. The van der Waals surface area contributed by atoms with Crippen molar-refractivity contribution in [3.05, 3.63) is 71.8 Å². The monoisotopic (exact) mass is 291 g/mol. The Hall–Kier alpha value is -2.15. The van der Waals surface area contributed by atoms with E-state index in [0.717, 1.165) is 12.1 Å². The van der Waals surface area contributed by atoms with E-state index in [1.54, 1.807) is 0 Å². The van der Waals surface area contributed by atoms with Crippen molar-refractivity contribution < 1.29 is 0 Å². The highest BCUT2D eigenvalue weighted by Crippen LogP contribution is 2.15. The Morgan fingerprint density at radius 2 is 1.55 bits per heavy atom. The first kappa shape index (κ1) is 16.2. The number of hydrogen-bond donors (Lipinski definition) is 0. The van der Waals surface area contributed by atoms with E-state index in [9.17, 15) is 0 Å². The van der Waals surface area contributed by atoms with Crippen LogP contribution in [-0.2, 0) is 0 Å². The van der Waals surface area contributed by atoms with Crippen molar-refractivity contribution in [1.29, 1.82) is 0 Å². The molecule has 0 aliphatic rings. The van der Waals surface area contributed by atoms with Crippen LogP contribution in [0.4, 0.5) is 5.69 Å². The summed E-state index contributed by atoms with van der Waals surface area (Å²) in [5, 5.41) is 0. The van der Waals surface area contributed by atoms with Crippen LogP contribution in [0.5, 0.6) is 0 Å². The molecule has 0 N–H and O–H groups in total. The summed E-state index contributed by atoms with van der Waals surface area (Å²) in [7, 11) is 0. The first-order valence-corrected chi connectivity index (χ1v) is 8.23. The molecule has 0 aromatic heterocycles. The van der Waals surface area contributed by atoms with E-state index >= 15 is 0 Å². The SMILES string of the molecule is CCCCCCC(C=Nc1ccccc1)=Cc1ccccc1. The van der Waals surface area contributed by atoms with Gasteiger partial charge in [-0.3, -0.25) is 4.99 Å². The third kappa shape index (κ3) is 6.09. The van der Waals surface area contributed by atoms with Crippen LogP contribution in [0.2, 0.25) is 0 Å². The molecule has 114 valence electrons. The second-order valence-electron chi connectivity index (χ2n) is 5.53. The Bertz CT molecular complexity index is 582. The molecule has 1 nitrogen and oxygen atoms in total. The van der Waals surface area contributed by atoms with Crippen LogP contribution in [-0.4, -0.2) is 6.21 Å². The molecule has 0 aliphatic heterocycles. The molecule has 2 rings (SSSR count). The Morgan fingerprint density at radius 3 is 2.23 bits per heavy atom. The second kappa shape index (κ2) is 9.73. The smallest absolute Gasteiger partial charge is 0.0629 e. The topological polar surface area (TPSA) is 12.4 Å². The lowest BCUT2D eigenvalue weighted by molar-refractivity contribution is 0.671. The zero-order valence-corrected chi connectivity index (χ0v) is 13.4. The lowest BCUT2D eigenvalue weighted by Gasteiger charge is -2.03.